The number of allylic oxidation sites excluding steroid dienone is 1. The highest BCUT2D eigenvalue weighted by atomic mass is 79.9. The van der Waals surface area contributed by atoms with Crippen LogP contribution in [0.3, 0.4) is 0 Å². The summed E-state index contributed by atoms with van der Waals surface area (Å²) in [5.74, 6) is 0.467. The van der Waals surface area contributed by atoms with Crippen LogP contribution in [0.2, 0.25) is 0 Å². The topological polar surface area (TPSA) is 79.5 Å². The second kappa shape index (κ2) is 9.56. The van der Waals surface area contributed by atoms with Gasteiger partial charge in [0.15, 0.2) is 0 Å². The molecule has 0 spiro atoms. The van der Waals surface area contributed by atoms with Gasteiger partial charge in [0, 0.05) is 22.3 Å². The molecule has 31 heavy (non-hydrogen) atoms. The van der Waals surface area contributed by atoms with Crippen LogP contribution in [-0.2, 0) is 11.3 Å². The number of carbonyl (C=O) groups excluding carboxylic acids is 2. The van der Waals surface area contributed by atoms with Gasteiger partial charge in [0.05, 0.1) is 17.7 Å². The lowest BCUT2D eigenvalue weighted by Crippen LogP contribution is -2.47. The zero-order valence-corrected chi connectivity index (χ0v) is 19.0. The van der Waals surface area contributed by atoms with Crippen LogP contribution < -0.4 is 20.7 Å². The lowest BCUT2D eigenvalue weighted by atomic mass is 9.94. The minimum absolute atomic E-state index is 0.165. The van der Waals surface area contributed by atoms with Crippen LogP contribution in [0, 0.1) is 0 Å². The second-order valence-electron chi connectivity index (χ2n) is 7.94. The first-order valence-corrected chi connectivity index (χ1v) is 11.4. The van der Waals surface area contributed by atoms with Gasteiger partial charge in [-0.15, -0.1) is 0 Å². The SMILES string of the molecule is CC1=C(C(=O)NCc2ccccc2)[C@@H](c2cc(Br)ccc2OC2CCCC2)NC(=O)N1. The lowest BCUT2D eigenvalue weighted by molar-refractivity contribution is -0.118. The number of carbonyl (C=O) groups is 2. The average molecular weight is 484 g/mol. The van der Waals surface area contributed by atoms with Gasteiger partial charge in [-0.3, -0.25) is 4.79 Å². The number of halogens is 1. The summed E-state index contributed by atoms with van der Waals surface area (Å²) in [6.45, 7) is 2.15. The number of ether oxygens (including phenoxy) is 1. The van der Waals surface area contributed by atoms with Crippen LogP contribution in [0.25, 0.3) is 0 Å². The average Bonchev–Trinajstić information content (AvgIpc) is 3.26. The van der Waals surface area contributed by atoms with Gasteiger partial charge in [-0.1, -0.05) is 46.3 Å². The molecule has 3 N–H and O–H groups in total. The van der Waals surface area contributed by atoms with Gasteiger partial charge < -0.3 is 20.7 Å². The van der Waals surface area contributed by atoms with Crippen molar-refractivity contribution in [1.29, 1.82) is 0 Å². The summed E-state index contributed by atoms with van der Waals surface area (Å²) >= 11 is 3.52. The van der Waals surface area contributed by atoms with E-state index in [1.54, 1.807) is 6.92 Å². The third-order valence-corrected chi connectivity index (χ3v) is 6.18. The van der Waals surface area contributed by atoms with Gasteiger partial charge in [-0.25, -0.2) is 4.79 Å². The highest BCUT2D eigenvalue weighted by molar-refractivity contribution is 9.10. The van der Waals surface area contributed by atoms with E-state index >= 15 is 0 Å². The summed E-state index contributed by atoms with van der Waals surface area (Å²) in [4.78, 5) is 25.5. The van der Waals surface area contributed by atoms with E-state index < -0.39 is 6.04 Å². The van der Waals surface area contributed by atoms with Crippen LogP contribution in [0.5, 0.6) is 5.75 Å². The van der Waals surface area contributed by atoms with Crippen LogP contribution in [-0.4, -0.2) is 18.0 Å². The van der Waals surface area contributed by atoms with Crippen molar-refractivity contribution in [1.82, 2.24) is 16.0 Å². The number of urea groups is 1. The third kappa shape index (κ3) is 5.10. The molecular weight excluding hydrogens is 458 g/mol. The van der Waals surface area contributed by atoms with E-state index in [-0.39, 0.29) is 18.0 Å². The van der Waals surface area contributed by atoms with Crippen LogP contribution in [0.4, 0.5) is 4.79 Å². The zero-order valence-electron chi connectivity index (χ0n) is 17.4. The maximum absolute atomic E-state index is 13.2. The Bertz CT molecular complexity index is 1000. The molecule has 1 aliphatic carbocycles. The summed E-state index contributed by atoms with van der Waals surface area (Å²) in [7, 11) is 0. The molecule has 0 aromatic heterocycles. The molecule has 2 aromatic rings. The fourth-order valence-corrected chi connectivity index (χ4v) is 4.52. The van der Waals surface area contributed by atoms with Crippen molar-refractivity contribution in [2.45, 2.75) is 51.3 Å². The van der Waals surface area contributed by atoms with Gasteiger partial charge in [0.25, 0.3) is 5.91 Å². The Hall–Kier alpha value is -2.80. The molecule has 7 heteroatoms. The predicted octanol–water partition coefficient (Wildman–Crippen LogP) is 4.71. The van der Waals surface area contributed by atoms with E-state index in [0.29, 0.717) is 23.6 Å². The Morgan fingerprint density at radius 2 is 1.90 bits per heavy atom. The van der Waals surface area contributed by atoms with Crippen molar-refractivity contribution in [3.05, 3.63) is 75.4 Å². The quantitative estimate of drug-likeness (QED) is 0.556. The largest absolute Gasteiger partial charge is 0.490 e. The summed E-state index contributed by atoms with van der Waals surface area (Å²) in [6.07, 6.45) is 4.53. The van der Waals surface area contributed by atoms with E-state index in [2.05, 4.69) is 31.9 Å². The first-order chi connectivity index (χ1) is 15.0. The molecule has 0 radical (unpaired) electrons. The number of rotatable bonds is 6. The molecule has 1 atom stereocenters. The normalized spacial score (nSPS) is 19.0. The molecule has 4 rings (SSSR count). The van der Waals surface area contributed by atoms with Crippen LogP contribution >= 0.6 is 15.9 Å². The maximum atomic E-state index is 13.2. The van der Waals surface area contributed by atoms with E-state index in [1.807, 2.05) is 48.5 Å². The third-order valence-electron chi connectivity index (χ3n) is 5.69. The van der Waals surface area contributed by atoms with Gasteiger partial charge >= 0.3 is 6.03 Å². The standard InChI is InChI=1S/C24H26BrN3O3/c1-15-21(23(29)26-14-16-7-3-2-4-8-16)22(28-24(30)27-15)19-13-17(25)11-12-20(19)31-18-9-5-6-10-18/h2-4,7-8,11-13,18,22H,5-6,9-10,14H2,1H3,(H,26,29)(H2,27,28,30)/t22-/m1/s1. The Morgan fingerprint density at radius 1 is 1.16 bits per heavy atom. The first-order valence-electron chi connectivity index (χ1n) is 10.6. The first kappa shape index (κ1) is 21.4. The Kier molecular flexibility index (Phi) is 6.61. The minimum atomic E-state index is -0.613. The highest BCUT2D eigenvalue weighted by Crippen LogP contribution is 2.37. The molecule has 2 aliphatic rings. The van der Waals surface area contributed by atoms with E-state index in [0.717, 1.165) is 41.3 Å². The Morgan fingerprint density at radius 3 is 2.65 bits per heavy atom. The maximum Gasteiger partial charge on any atom is 0.319 e. The van der Waals surface area contributed by atoms with Gasteiger partial charge in [0.2, 0.25) is 0 Å². The molecule has 1 fully saturated rings. The molecule has 0 bridgehead atoms. The second-order valence-corrected chi connectivity index (χ2v) is 8.86. The van der Waals surface area contributed by atoms with Crippen LogP contribution in [0.1, 0.15) is 49.8 Å². The molecule has 1 heterocycles. The van der Waals surface area contributed by atoms with Gasteiger partial charge in [-0.05, 0) is 56.4 Å². The highest BCUT2D eigenvalue weighted by Gasteiger charge is 2.33. The van der Waals surface area contributed by atoms with Crippen molar-refractivity contribution >= 4 is 27.9 Å². The number of nitrogens with one attached hydrogen (secondary N) is 3. The summed E-state index contributed by atoms with van der Waals surface area (Å²) in [5.41, 5.74) is 2.78. The molecule has 0 saturated heterocycles. The molecule has 3 amide bonds. The van der Waals surface area contributed by atoms with Crippen molar-refractivity contribution < 1.29 is 14.3 Å². The minimum Gasteiger partial charge on any atom is -0.490 e. The van der Waals surface area contributed by atoms with Crippen molar-refractivity contribution in [2.75, 3.05) is 0 Å². The van der Waals surface area contributed by atoms with Gasteiger partial charge in [0.1, 0.15) is 5.75 Å². The summed E-state index contributed by atoms with van der Waals surface area (Å²) < 4.78 is 7.15. The van der Waals surface area contributed by atoms with E-state index in [4.69, 9.17) is 4.74 Å². The van der Waals surface area contributed by atoms with E-state index in [1.165, 1.54) is 0 Å². The zero-order chi connectivity index (χ0) is 21.8. The molecular formula is C24H26BrN3O3. The molecule has 1 saturated carbocycles. The molecule has 1 aliphatic heterocycles. The summed E-state index contributed by atoms with van der Waals surface area (Å²) in [6, 6.07) is 14.5. The van der Waals surface area contributed by atoms with Crippen molar-refractivity contribution in [2.24, 2.45) is 0 Å². The molecule has 162 valence electrons. The fourth-order valence-electron chi connectivity index (χ4n) is 4.14. The lowest BCUT2D eigenvalue weighted by Gasteiger charge is -2.30. The molecule has 0 unspecified atom stereocenters. The van der Waals surface area contributed by atoms with Gasteiger partial charge in [-0.2, -0.15) is 0 Å². The number of benzene rings is 2. The molecule has 2 aromatic carbocycles. The van der Waals surface area contributed by atoms with E-state index in [9.17, 15) is 9.59 Å². The Balaban J connectivity index is 1.63. The number of hydrogen-bond donors (Lipinski definition) is 3. The predicted molar refractivity (Wildman–Crippen MR) is 122 cm³/mol. The smallest absolute Gasteiger partial charge is 0.319 e. The van der Waals surface area contributed by atoms with Crippen LogP contribution in [0.15, 0.2) is 64.3 Å². The monoisotopic (exact) mass is 483 g/mol. The molecule has 6 nitrogen and oxygen atoms in total. The fraction of sp³-hybridized carbons (Fsp3) is 0.333. The van der Waals surface area contributed by atoms with Crippen molar-refractivity contribution in [3.8, 4) is 5.75 Å². The number of hydrogen-bond acceptors (Lipinski definition) is 3. The van der Waals surface area contributed by atoms with Crippen molar-refractivity contribution in [3.63, 3.8) is 0 Å². The Labute approximate surface area is 190 Å². The summed E-state index contributed by atoms with van der Waals surface area (Å²) in [5, 5.41) is 8.63. The number of amides is 3.